The SMILES string of the molecule is CCc1ccncc1.CN=C/C(=C(\C(C)=O)c1ccc(F)cc1)c1ccc(S(C)(=O)=O)cc1. The van der Waals surface area contributed by atoms with Crippen molar-refractivity contribution >= 4 is 33.0 Å². The molecule has 0 aliphatic heterocycles. The molecule has 0 atom stereocenters. The molecule has 0 radical (unpaired) electrons. The fourth-order valence-corrected chi connectivity index (χ4v) is 3.71. The molecule has 2 aromatic carbocycles. The van der Waals surface area contributed by atoms with Gasteiger partial charge in [0.2, 0.25) is 0 Å². The van der Waals surface area contributed by atoms with E-state index in [1.54, 1.807) is 19.2 Å². The van der Waals surface area contributed by atoms with Crippen molar-refractivity contribution in [2.75, 3.05) is 13.3 Å². The van der Waals surface area contributed by atoms with Crippen LogP contribution in [0.1, 0.15) is 30.5 Å². The number of Topliss-reactive ketones (excluding diaryl/α,β-unsaturated/α-hetero) is 1. The molecule has 0 aliphatic carbocycles. The van der Waals surface area contributed by atoms with E-state index in [2.05, 4.69) is 16.9 Å². The summed E-state index contributed by atoms with van der Waals surface area (Å²) in [7, 11) is -1.73. The Bertz CT molecular complexity index is 1230. The lowest BCUT2D eigenvalue weighted by Crippen LogP contribution is -2.03. The van der Waals surface area contributed by atoms with Crippen LogP contribution in [0.15, 0.2) is 82.9 Å². The zero-order valence-corrected chi connectivity index (χ0v) is 19.9. The zero-order chi connectivity index (χ0) is 24.4. The summed E-state index contributed by atoms with van der Waals surface area (Å²) in [5.74, 6) is -0.594. The normalized spacial score (nSPS) is 12.0. The first kappa shape index (κ1) is 25.8. The lowest BCUT2D eigenvalue weighted by molar-refractivity contribution is -0.111. The van der Waals surface area contributed by atoms with Gasteiger partial charge in [0.15, 0.2) is 15.6 Å². The van der Waals surface area contributed by atoms with Crippen molar-refractivity contribution in [2.24, 2.45) is 4.99 Å². The van der Waals surface area contributed by atoms with Gasteiger partial charge in [0.1, 0.15) is 5.82 Å². The Kier molecular flexibility index (Phi) is 9.36. The monoisotopic (exact) mass is 466 g/mol. The molecule has 0 amide bonds. The third kappa shape index (κ3) is 7.57. The van der Waals surface area contributed by atoms with Crippen LogP contribution >= 0.6 is 0 Å². The Hall–Kier alpha value is -3.45. The molecule has 0 fully saturated rings. The Morgan fingerprint density at radius 1 is 0.970 bits per heavy atom. The standard InChI is InChI=1S/C19H18FNO3S.C7H9N/c1-13(22)19(15-4-8-16(20)9-5-15)18(12-21-2)14-6-10-17(11-7-14)25(3,23)24;1-2-7-3-5-8-6-4-7/h4-12H,1-3H3;3-6H,2H2,1H3/b19-18-,21-12?;. The van der Waals surface area contributed by atoms with Crippen LogP contribution in [0.2, 0.25) is 0 Å². The van der Waals surface area contributed by atoms with Gasteiger partial charge in [-0.05, 0) is 66.4 Å². The number of allylic oxidation sites excluding steroid dienone is 2. The quantitative estimate of drug-likeness (QED) is 0.289. The van der Waals surface area contributed by atoms with Crippen LogP contribution in [0.3, 0.4) is 0 Å². The van der Waals surface area contributed by atoms with Gasteiger partial charge in [0, 0.05) is 43.1 Å². The number of hydrogen-bond acceptors (Lipinski definition) is 5. The summed E-state index contributed by atoms with van der Waals surface area (Å²) >= 11 is 0. The van der Waals surface area contributed by atoms with Gasteiger partial charge in [0.05, 0.1) is 4.90 Å². The minimum absolute atomic E-state index is 0.190. The largest absolute Gasteiger partial charge is 0.296 e. The molecule has 0 spiro atoms. The van der Waals surface area contributed by atoms with Gasteiger partial charge in [0.25, 0.3) is 0 Å². The minimum Gasteiger partial charge on any atom is -0.296 e. The summed E-state index contributed by atoms with van der Waals surface area (Å²) in [6, 6.07) is 15.9. The maximum atomic E-state index is 13.2. The number of aromatic nitrogens is 1. The molecule has 3 aromatic rings. The third-order valence-corrected chi connectivity index (χ3v) is 5.89. The summed E-state index contributed by atoms with van der Waals surface area (Å²) in [5.41, 5.74) is 3.49. The van der Waals surface area contributed by atoms with Crippen molar-refractivity contribution in [1.82, 2.24) is 4.98 Å². The molecular weight excluding hydrogens is 439 g/mol. The van der Waals surface area contributed by atoms with Gasteiger partial charge in [-0.2, -0.15) is 0 Å². The number of ketones is 1. The average molecular weight is 467 g/mol. The zero-order valence-electron chi connectivity index (χ0n) is 19.1. The van der Waals surface area contributed by atoms with E-state index in [9.17, 15) is 17.6 Å². The summed E-state index contributed by atoms with van der Waals surface area (Å²) in [4.78, 5) is 20.3. The highest BCUT2D eigenvalue weighted by Crippen LogP contribution is 2.27. The van der Waals surface area contributed by atoms with E-state index in [0.29, 0.717) is 22.3 Å². The van der Waals surface area contributed by atoms with Crippen LogP contribution in [0.25, 0.3) is 11.1 Å². The van der Waals surface area contributed by atoms with Crippen molar-refractivity contribution in [3.05, 3.63) is 95.6 Å². The predicted molar refractivity (Wildman–Crippen MR) is 131 cm³/mol. The number of sulfone groups is 1. The van der Waals surface area contributed by atoms with Crippen molar-refractivity contribution in [3.63, 3.8) is 0 Å². The van der Waals surface area contributed by atoms with Gasteiger partial charge in [-0.3, -0.25) is 14.8 Å². The highest BCUT2D eigenvalue weighted by atomic mass is 32.2. The molecule has 0 bridgehead atoms. The van der Waals surface area contributed by atoms with Gasteiger partial charge in [-0.1, -0.05) is 31.2 Å². The molecule has 7 heteroatoms. The fourth-order valence-electron chi connectivity index (χ4n) is 3.08. The Labute approximate surface area is 194 Å². The number of aryl methyl sites for hydroxylation is 1. The molecule has 0 unspecified atom stereocenters. The van der Waals surface area contributed by atoms with Crippen LogP contribution in [-0.2, 0) is 21.1 Å². The van der Waals surface area contributed by atoms with E-state index in [1.807, 2.05) is 24.5 Å². The smallest absolute Gasteiger partial charge is 0.175 e. The number of halogens is 1. The van der Waals surface area contributed by atoms with Crippen molar-refractivity contribution in [2.45, 2.75) is 25.2 Å². The molecule has 3 rings (SSSR count). The molecule has 1 aromatic heterocycles. The first-order chi connectivity index (χ1) is 15.7. The van der Waals surface area contributed by atoms with Crippen molar-refractivity contribution in [1.29, 1.82) is 0 Å². The van der Waals surface area contributed by atoms with Crippen molar-refractivity contribution in [3.8, 4) is 0 Å². The van der Waals surface area contributed by atoms with Gasteiger partial charge < -0.3 is 0 Å². The van der Waals surface area contributed by atoms with E-state index in [0.717, 1.165) is 12.7 Å². The van der Waals surface area contributed by atoms with E-state index in [-0.39, 0.29) is 10.7 Å². The topological polar surface area (TPSA) is 76.5 Å². The lowest BCUT2D eigenvalue weighted by atomic mass is 9.93. The molecular formula is C26H27FN2O3S. The number of rotatable bonds is 6. The van der Waals surface area contributed by atoms with Gasteiger partial charge in [-0.25, -0.2) is 12.8 Å². The molecule has 0 aliphatic rings. The summed E-state index contributed by atoms with van der Waals surface area (Å²) in [6.07, 6.45) is 7.40. The Morgan fingerprint density at radius 3 is 1.94 bits per heavy atom. The number of nitrogens with zero attached hydrogens (tertiary/aromatic N) is 2. The highest BCUT2D eigenvalue weighted by Gasteiger charge is 2.16. The van der Waals surface area contributed by atoms with Gasteiger partial charge >= 0.3 is 0 Å². The second-order valence-electron chi connectivity index (χ2n) is 7.24. The lowest BCUT2D eigenvalue weighted by Gasteiger charge is -2.11. The molecule has 33 heavy (non-hydrogen) atoms. The molecule has 0 saturated carbocycles. The van der Waals surface area contributed by atoms with E-state index >= 15 is 0 Å². The number of carbonyl (C=O) groups excluding carboxylic acids is 1. The Morgan fingerprint density at radius 2 is 1.52 bits per heavy atom. The Balaban J connectivity index is 0.000000405. The maximum Gasteiger partial charge on any atom is 0.175 e. The molecule has 5 nitrogen and oxygen atoms in total. The van der Waals surface area contributed by atoms with Crippen LogP contribution < -0.4 is 0 Å². The first-order valence-electron chi connectivity index (χ1n) is 10.3. The van der Waals surface area contributed by atoms with Crippen LogP contribution in [0, 0.1) is 5.82 Å². The average Bonchev–Trinajstić information content (AvgIpc) is 2.80. The summed E-state index contributed by atoms with van der Waals surface area (Å²) < 4.78 is 36.4. The number of hydrogen-bond donors (Lipinski definition) is 0. The fraction of sp³-hybridized carbons (Fsp3) is 0.192. The molecule has 1 heterocycles. The van der Waals surface area contributed by atoms with E-state index < -0.39 is 15.7 Å². The molecule has 0 saturated heterocycles. The van der Waals surface area contributed by atoms with Crippen LogP contribution in [0.4, 0.5) is 4.39 Å². The number of carbonyl (C=O) groups is 1. The third-order valence-electron chi connectivity index (χ3n) is 4.76. The van der Waals surface area contributed by atoms with Gasteiger partial charge in [-0.15, -0.1) is 0 Å². The molecule has 0 N–H and O–H groups in total. The van der Waals surface area contributed by atoms with Crippen molar-refractivity contribution < 1.29 is 17.6 Å². The number of pyridine rings is 1. The van der Waals surface area contributed by atoms with Crippen LogP contribution in [-0.4, -0.2) is 38.7 Å². The maximum absolute atomic E-state index is 13.2. The number of benzene rings is 2. The number of aliphatic imine (C=N–C) groups is 1. The van der Waals surface area contributed by atoms with E-state index in [4.69, 9.17) is 0 Å². The first-order valence-corrected chi connectivity index (χ1v) is 12.2. The predicted octanol–water partition coefficient (Wildman–Crippen LogP) is 5.07. The second-order valence-corrected chi connectivity index (χ2v) is 9.26. The summed E-state index contributed by atoms with van der Waals surface area (Å²) in [6.45, 7) is 3.56. The minimum atomic E-state index is -3.31. The molecule has 172 valence electrons. The summed E-state index contributed by atoms with van der Waals surface area (Å²) in [5, 5.41) is 0. The highest BCUT2D eigenvalue weighted by molar-refractivity contribution is 7.90. The second kappa shape index (κ2) is 12.0. The van der Waals surface area contributed by atoms with Crippen LogP contribution in [0.5, 0.6) is 0 Å². The van der Waals surface area contributed by atoms with E-state index in [1.165, 1.54) is 55.1 Å².